The summed E-state index contributed by atoms with van der Waals surface area (Å²) in [5.41, 5.74) is 7.10. The number of aryl methyl sites for hydroxylation is 2. The number of nitrogens with zero attached hydrogens (tertiary/aromatic N) is 2. The van der Waals surface area contributed by atoms with Crippen molar-refractivity contribution in [1.82, 2.24) is 21.0 Å². The van der Waals surface area contributed by atoms with Gasteiger partial charge in [0, 0.05) is 28.7 Å². The standard InChI is InChI=1S/C19H20N4O3S2/c1-11-2-3-14-13(8-11)9-15(28-14)19(25)22-21-16(24)4-5-17-20-18(23-26-17)12-6-7-27-10-12/h6-7,9-11H,2-5,8H2,1H3,(H,21,24)(H,22,25)/t11-/m0/s1. The Balaban J connectivity index is 1.25. The van der Waals surface area contributed by atoms with E-state index in [-0.39, 0.29) is 18.2 Å². The Bertz CT molecular complexity index is 977. The van der Waals surface area contributed by atoms with Crippen LogP contribution in [0, 0.1) is 5.92 Å². The quantitative estimate of drug-likeness (QED) is 0.622. The molecule has 146 valence electrons. The fraction of sp³-hybridized carbons (Fsp3) is 0.368. The van der Waals surface area contributed by atoms with Crippen LogP contribution in [0.15, 0.2) is 27.4 Å². The second kappa shape index (κ2) is 8.24. The van der Waals surface area contributed by atoms with Crippen LogP contribution < -0.4 is 10.9 Å². The molecule has 0 spiro atoms. The summed E-state index contributed by atoms with van der Waals surface area (Å²) in [6, 6.07) is 3.85. The lowest BCUT2D eigenvalue weighted by Gasteiger charge is -2.16. The van der Waals surface area contributed by atoms with Crippen LogP contribution in [-0.2, 0) is 24.1 Å². The Morgan fingerprint density at radius 3 is 3.07 bits per heavy atom. The number of thiophene rings is 2. The van der Waals surface area contributed by atoms with Gasteiger partial charge in [-0.3, -0.25) is 20.4 Å². The Kier molecular flexibility index (Phi) is 5.54. The second-order valence-corrected chi connectivity index (χ2v) is 8.85. The van der Waals surface area contributed by atoms with Crippen LogP contribution in [0.25, 0.3) is 11.4 Å². The topological polar surface area (TPSA) is 97.1 Å². The predicted octanol–water partition coefficient (Wildman–Crippen LogP) is 3.38. The zero-order chi connectivity index (χ0) is 19.5. The fourth-order valence-corrected chi connectivity index (χ4v) is 4.89. The summed E-state index contributed by atoms with van der Waals surface area (Å²) in [4.78, 5) is 30.5. The van der Waals surface area contributed by atoms with Crippen LogP contribution >= 0.6 is 22.7 Å². The average Bonchev–Trinajstić information content (AvgIpc) is 3.43. The largest absolute Gasteiger partial charge is 0.339 e. The Morgan fingerprint density at radius 2 is 2.25 bits per heavy atom. The molecule has 4 rings (SSSR count). The number of carbonyl (C=O) groups is 2. The third kappa shape index (κ3) is 4.31. The minimum Gasteiger partial charge on any atom is -0.339 e. The van der Waals surface area contributed by atoms with Crippen molar-refractivity contribution in [2.24, 2.45) is 5.92 Å². The third-order valence-electron chi connectivity index (χ3n) is 4.68. The molecule has 2 amide bonds. The van der Waals surface area contributed by atoms with Gasteiger partial charge in [0.2, 0.25) is 17.6 Å². The van der Waals surface area contributed by atoms with E-state index in [1.165, 1.54) is 21.8 Å². The average molecular weight is 417 g/mol. The van der Waals surface area contributed by atoms with E-state index in [4.69, 9.17) is 4.52 Å². The summed E-state index contributed by atoms with van der Waals surface area (Å²) in [6.07, 6.45) is 3.66. The lowest BCUT2D eigenvalue weighted by Crippen LogP contribution is -2.41. The first kappa shape index (κ1) is 18.8. The smallest absolute Gasteiger partial charge is 0.279 e. The zero-order valence-corrected chi connectivity index (χ0v) is 17.0. The number of nitrogens with one attached hydrogen (secondary N) is 2. The van der Waals surface area contributed by atoms with E-state index in [0.29, 0.717) is 28.9 Å². The van der Waals surface area contributed by atoms with Crippen LogP contribution in [0.3, 0.4) is 0 Å². The maximum Gasteiger partial charge on any atom is 0.279 e. The summed E-state index contributed by atoms with van der Waals surface area (Å²) in [5, 5.41) is 7.78. The number of amides is 2. The molecule has 0 aliphatic heterocycles. The summed E-state index contributed by atoms with van der Waals surface area (Å²) in [7, 11) is 0. The van der Waals surface area contributed by atoms with Crippen molar-refractivity contribution in [2.45, 2.75) is 39.0 Å². The van der Waals surface area contributed by atoms with E-state index in [2.05, 4.69) is 27.9 Å². The number of fused-ring (bicyclic) bond motifs is 1. The molecule has 28 heavy (non-hydrogen) atoms. The molecule has 2 N–H and O–H groups in total. The van der Waals surface area contributed by atoms with E-state index in [1.54, 1.807) is 11.3 Å². The summed E-state index contributed by atoms with van der Waals surface area (Å²) >= 11 is 3.07. The van der Waals surface area contributed by atoms with Crippen molar-refractivity contribution in [3.05, 3.63) is 44.1 Å². The molecule has 0 radical (unpaired) electrons. The number of aromatic nitrogens is 2. The van der Waals surface area contributed by atoms with Crippen molar-refractivity contribution in [3.63, 3.8) is 0 Å². The van der Waals surface area contributed by atoms with E-state index in [0.717, 1.165) is 24.8 Å². The molecule has 3 aromatic rings. The highest BCUT2D eigenvalue weighted by Crippen LogP contribution is 2.32. The first-order valence-electron chi connectivity index (χ1n) is 9.14. The highest BCUT2D eigenvalue weighted by molar-refractivity contribution is 7.14. The molecule has 9 heteroatoms. The Labute approximate surface area is 170 Å². The number of hydrogen-bond acceptors (Lipinski definition) is 7. The van der Waals surface area contributed by atoms with Crippen molar-refractivity contribution < 1.29 is 14.1 Å². The van der Waals surface area contributed by atoms with Crippen molar-refractivity contribution in [1.29, 1.82) is 0 Å². The van der Waals surface area contributed by atoms with Gasteiger partial charge < -0.3 is 4.52 Å². The van der Waals surface area contributed by atoms with Crippen molar-refractivity contribution in [2.75, 3.05) is 0 Å². The monoisotopic (exact) mass is 416 g/mol. The number of hydrogen-bond donors (Lipinski definition) is 2. The molecule has 3 heterocycles. The van der Waals surface area contributed by atoms with Crippen LogP contribution in [0.4, 0.5) is 0 Å². The minimum absolute atomic E-state index is 0.143. The maximum atomic E-state index is 12.3. The maximum absolute atomic E-state index is 12.3. The minimum atomic E-state index is -0.307. The molecule has 1 atom stereocenters. The molecule has 0 unspecified atom stereocenters. The summed E-state index contributed by atoms with van der Waals surface area (Å²) in [5.74, 6) is 0.975. The molecule has 1 aliphatic rings. The normalized spacial score (nSPS) is 15.8. The molecule has 3 aromatic heterocycles. The van der Waals surface area contributed by atoms with E-state index >= 15 is 0 Å². The first-order chi connectivity index (χ1) is 13.6. The predicted molar refractivity (Wildman–Crippen MR) is 107 cm³/mol. The Hall–Kier alpha value is -2.52. The van der Waals surface area contributed by atoms with Gasteiger partial charge in [0.25, 0.3) is 5.91 Å². The molecule has 0 fully saturated rings. The van der Waals surface area contributed by atoms with Crippen LogP contribution in [0.1, 0.15) is 45.8 Å². The van der Waals surface area contributed by atoms with Crippen LogP contribution in [0.5, 0.6) is 0 Å². The SMILES string of the molecule is C[C@H]1CCc2sc(C(=O)NNC(=O)CCc3nc(-c4ccsc4)no3)cc2C1. The van der Waals surface area contributed by atoms with E-state index in [1.807, 2.05) is 22.9 Å². The van der Waals surface area contributed by atoms with Gasteiger partial charge in [-0.25, -0.2) is 0 Å². The molecule has 0 aromatic carbocycles. The molecule has 7 nitrogen and oxygen atoms in total. The Morgan fingerprint density at radius 1 is 1.36 bits per heavy atom. The highest BCUT2D eigenvalue weighted by atomic mass is 32.1. The van der Waals surface area contributed by atoms with Crippen molar-refractivity contribution >= 4 is 34.5 Å². The number of carbonyl (C=O) groups excluding carboxylic acids is 2. The van der Waals surface area contributed by atoms with Gasteiger partial charge in [0.1, 0.15) is 0 Å². The van der Waals surface area contributed by atoms with Gasteiger partial charge in [0.05, 0.1) is 4.88 Å². The lowest BCUT2D eigenvalue weighted by molar-refractivity contribution is -0.121. The van der Waals surface area contributed by atoms with Gasteiger partial charge in [0.15, 0.2) is 0 Å². The number of rotatable bonds is 5. The molecular formula is C19H20N4O3S2. The zero-order valence-electron chi connectivity index (χ0n) is 15.4. The molecule has 0 bridgehead atoms. The fourth-order valence-electron chi connectivity index (χ4n) is 3.15. The van der Waals surface area contributed by atoms with Gasteiger partial charge in [-0.2, -0.15) is 16.3 Å². The molecule has 0 saturated carbocycles. The van der Waals surface area contributed by atoms with Crippen LogP contribution in [-0.4, -0.2) is 22.0 Å². The molecule has 0 saturated heterocycles. The van der Waals surface area contributed by atoms with Gasteiger partial charge in [-0.05, 0) is 48.3 Å². The number of hydrazine groups is 1. The second-order valence-electron chi connectivity index (χ2n) is 6.93. The van der Waals surface area contributed by atoms with Crippen LogP contribution in [0.2, 0.25) is 0 Å². The van der Waals surface area contributed by atoms with Gasteiger partial charge in [-0.15, -0.1) is 11.3 Å². The third-order valence-corrected chi connectivity index (χ3v) is 6.60. The van der Waals surface area contributed by atoms with Gasteiger partial charge in [-0.1, -0.05) is 12.1 Å². The summed E-state index contributed by atoms with van der Waals surface area (Å²) in [6.45, 7) is 2.23. The highest BCUT2D eigenvalue weighted by Gasteiger charge is 2.21. The lowest BCUT2D eigenvalue weighted by atomic mass is 9.90. The summed E-state index contributed by atoms with van der Waals surface area (Å²) < 4.78 is 5.17. The van der Waals surface area contributed by atoms with E-state index in [9.17, 15) is 9.59 Å². The van der Waals surface area contributed by atoms with Crippen molar-refractivity contribution in [3.8, 4) is 11.4 Å². The first-order valence-corrected chi connectivity index (χ1v) is 10.9. The molecular weight excluding hydrogens is 396 g/mol. The van der Waals surface area contributed by atoms with Gasteiger partial charge >= 0.3 is 0 Å². The molecule has 1 aliphatic carbocycles. The van der Waals surface area contributed by atoms with E-state index < -0.39 is 0 Å².